The number of hydrogen-bond acceptors (Lipinski definition) is 2. The summed E-state index contributed by atoms with van der Waals surface area (Å²) in [6.07, 6.45) is 2.04. The lowest BCUT2D eigenvalue weighted by Crippen LogP contribution is -1.90. The van der Waals surface area contributed by atoms with Crippen LogP contribution in [-0.4, -0.2) is 10.5 Å². The Hall–Kier alpha value is -0.470. The molecule has 1 aliphatic rings. The lowest BCUT2D eigenvalue weighted by atomic mass is 10.1. The fourth-order valence-electron chi connectivity index (χ4n) is 1.53. The molecule has 1 aromatic carbocycles. The van der Waals surface area contributed by atoms with E-state index >= 15 is 0 Å². The highest BCUT2D eigenvalue weighted by molar-refractivity contribution is 8.00. The van der Waals surface area contributed by atoms with E-state index in [0.29, 0.717) is 5.25 Å². The Labute approximate surface area is 76.8 Å². The number of aliphatic hydroxyl groups excluding tert-OH is 1. The van der Waals surface area contributed by atoms with Crippen molar-refractivity contribution in [1.29, 1.82) is 0 Å². The molecule has 2 heteroatoms. The zero-order valence-electron chi connectivity index (χ0n) is 6.81. The molecule has 2 atom stereocenters. The van der Waals surface area contributed by atoms with Crippen LogP contribution in [0.1, 0.15) is 23.7 Å². The Balaban J connectivity index is 2.11. The van der Waals surface area contributed by atoms with Crippen molar-refractivity contribution in [2.24, 2.45) is 0 Å². The summed E-state index contributed by atoms with van der Waals surface area (Å²) in [7, 11) is 0. The highest BCUT2D eigenvalue weighted by atomic mass is 32.2. The van der Waals surface area contributed by atoms with Gasteiger partial charge in [-0.25, -0.2) is 0 Å². The summed E-state index contributed by atoms with van der Waals surface area (Å²) in [5, 5.41) is 9.84. The van der Waals surface area contributed by atoms with Crippen LogP contribution in [0.4, 0.5) is 0 Å². The van der Waals surface area contributed by atoms with E-state index in [9.17, 15) is 5.11 Å². The number of hydrogen-bond donors (Lipinski definition) is 1. The van der Waals surface area contributed by atoms with Crippen LogP contribution < -0.4 is 0 Å². The molecule has 1 aliphatic heterocycles. The highest BCUT2D eigenvalue weighted by Gasteiger charge is 2.24. The maximum absolute atomic E-state index is 9.32. The van der Waals surface area contributed by atoms with Gasteiger partial charge in [-0.05, 0) is 18.4 Å². The highest BCUT2D eigenvalue weighted by Crippen LogP contribution is 2.43. The van der Waals surface area contributed by atoms with E-state index in [-0.39, 0.29) is 5.44 Å². The van der Waals surface area contributed by atoms with Crippen molar-refractivity contribution >= 4 is 11.8 Å². The van der Waals surface area contributed by atoms with E-state index in [0.717, 1.165) is 12.8 Å². The van der Waals surface area contributed by atoms with E-state index in [1.807, 2.05) is 6.07 Å². The van der Waals surface area contributed by atoms with Crippen molar-refractivity contribution in [2.45, 2.75) is 23.5 Å². The van der Waals surface area contributed by atoms with Gasteiger partial charge in [-0.1, -0.05) is 30.3 Å². The maximum atomic E-state index is 9.32. The summed E-state index contributed by atoms with van der Waals surface area (Å²) in [5.41, 5.74) is 1.20. The van der Waals surface area contributed by atoms with Gasteiger partial charge < -0.3 is 5.11 Å². The second kappa shape index (κ2) is 3.50. The Kier molecular flexibility index (Phi) is 2.38. The molecule has 1 nitrogen and oxygen atoms in total. The molecule has 64 valence electrons. The number of aliphatic hydroxyl groups is 1. The molecule has 2 unspecified atom stereocenters. The van der Waals surface area contributed by atoms with E-state index in [4.69, 9.17) is 0 Å². The van der Waals surface area contributed by atoms with E-state index in [2.05, 4.69) is 24.3 Å². The average molecular weight is 180 g/mol. The summed E-state index contributed by atoms with van der Waals surface area (Å²) in [5.74, 6) is 0. The van der Waals surface area contributed by atoms with Crippen LogP contribution in [0.25, 0.3) is 0 Å². The number of rotatable bonds is 1. The predicted octanol–water partition coefficient (Wildman–Crippen LogP) is 2.57. The summed E-state index contributed by atoms with van der Waals surface area (Å²) < 4.78 is 0. The molecule has 0 aliphatic carbocycles. The zero-order chi connectivity index (χ0) is 8.39. The van der Waals surface area contributed by atoms with Gasteiger partial charge in [-0.15, -0.1) is 11.8 Å². The van der Waals surface area contributed by atoms with E-state index < -0.39 is 0 Å². The number of thioether (sulfide) groups is 1. The van der Waals surface area contributed by atoms with Gasteiger partial charge in [0.1, 0.15) is 0 Å². The topological polar surface area (TPSA) is 20.2 Å². The molecule has 0 amide bonds. The fraction of sp³-hybridized carbons (Fsp3) is 0.400. The average Bonchev–Trinajstić information content (AvgIpc) is 2.54. The molecular weight excluding hydrogens is 168 g/mol. The molecule has 2 rings (SSSR count). The molecule has 1 heterocycles. The predicted molar refractivity (Wildman–Crippen MR) is 52.0 cm³/mol. The molecule has 0 spiro atoms. The van der Waals surface area contributed by atoms with Crippen LogP contribution in [0.3, 0.4) is 0 Å². The lowest BCUT2D eigenvalue weighted by molar-refractivity contribution is 0.259. The molecule has 12 heavy (non-hydrogen) atoms. The van der Waals surface area contributed by atoms with Gasteiger partial charge in [0, 0.05) is 5.25 Å². The molecule has 0 aromatic heterocycles. The maximum Gasteiger partial charge on any atom is 0.0999 e. The summed E-state index contributed by atoms with van der Waals surface area (Å²) >= 11 is 1.67. The molecule has 1 aromatic rings. The zero-order valence-corrected chi connectivity index (χ0v) is 7.63. The van der Waals surface area contributed by atoms with Crippen LogP contribution >= 0.6 is 11.8 Å². The van der Waals surface area contributed by atoms with Crippen molar-refractivity contribution in [3.05, 3.63) is 35.9 Å². The summed E-state index contributed by atoms with van der Waals surface area (Å²) in [6.45, 7) is 0. The van der Waals surface area contributed by atoms with Gasteiger partial charge in [-0.2, -0.15) is 0 Å². The third kappa shape index (κ3) is 1.65. The first-order valence-electron chi connectivity index (χ1n) is 4.25. The molecule has 1 N–H and O–H groups in total. The van der Waals surface area contributed by atoms with Crippen LogP contribution in [0, 0.1) is 0 Å². The first-order valence-corrected chi connectivity index (χ1v) is 5.19. The molecule has 0 bridgehead atoms. The third-order valence-electron chi connectivity index (χ3n) is 2.17. The normalized spacial score (nSPS) is 29.1. The SMILES string of the molecule is OC1CCC(c2ccccc2)S1. The van der Waals surface area contributed by atoms with E-state index in [1.165, 1.54) is 5.56 Å². The van der Waals surface area contributed by atoms with Crippen LogP contribution in [-0.2, 0) is 0 Å². The molecule has 1 saturated heterocycles. The van der Waals surface area contributed by atoms with Gasteiger partial charge in [0.25, 0.3) is 0 Å². The second-order valence-electron chi connectivity index (χ2n) is 3.07. The van der Waals surface area contributed by atoms with Crippen LogP contribution in [0.15, 0.2) is 30.3 Å². The standard InChI is InChI=1S/C10H12OS/c11-10-7-6-9(12-10)8-4-2-1-3-5-8/h1-5,9-11H,6-7H2. The van der Waals surface area contributed by atoms with Crippen molar-refractivity contribution in [1.82, 2.24) is 0 Å². The Morgan fingerprint density at radius 1 is 1.17 bits per heavy atom. The largest absolute Gasteiger partial charge is 0.382 e. The second-order valence-corrected chi connectivity index (χ2v) is 4.45. The van der Waals surface area contributed by atoms with Crippen LogP contribution in [0.5, 0.6) is 0 Å². The Morgan fingerprint density at radius 2 is 1.92 bits per heavy atom. The molecule has 0 saturated carbocycles. The lowest BCUT2D eigenvalue weighted by Gasteiger charge is -2.07. The van der Waals surface area contributed by atoms with Crippen molar-refractivity contribution < 1.29 is 5.11 Å². The third-order valence-corrected chi connectivity index (χ3v) is 3.55. The minimum absolute atomic E-state index is 0.143. The Morgan fingerprint density at radius 3 is 2.50 bits per heavy atom. The van der Waals surface area contributed by atoms with Gasteiger partial charge >= 0.3 is 0 Å². The summed E-state index contributed by atoms with van der Waals surface area (Å²) in [6, 6.07) is 10.4. The molecule has 1 fully saturated rings. The van der Waals surface area contributed by atoms with Crippen LogP contribution in [0.2, 0.25) is 0 Å². The smallest absolute Gasteiger partial charge is 0.0999 e. The monoisotopic (exact) mass is 180 g/mol. The minimum Gasteiger partial charge on any atom is -0.382 e. The van der Waals surface area contributed by atoms with Gasteiger partial charge in [0.05, 0.1) is 5.44 Å². The van der Waals surface area contributed by atoms with E-state index in [1.54, 1.807) is 11.8 Å². The summed E-state index contributed by atoms with van der Waals surface area (Å²) in [4.78, 5) is 0. The quantitative estimate of drug-likeness (QED) is 0.716. The van der Waals surface area contributed by atoms with Gasteiger partial charge in [0.2, 0.25) is 0 Å². The molecular formula is C10H12OS. The molecule has 0 radical (unpaired) electrons. The van der Waals surface area contributed by atoms with Gasteiger partial charge in [-0.3, -0.25) is 0 Å². The fourth-order valence-corrected chi connectivity index (χ4v) is 2.77. The first-order chi connectivity index (χ1) is 5.86. The van der Waals surface area contributed by atoms with Crippen molar-refractivity contribution in [3.8, 4) is 0 Å². The minimum atomic E-state index is -0.143. The number of benzene rings is 1. The van der Waals surface area contributed by atoms with Crippen molar-refractivity contribution in [2.75, 3.05) is 0 Å². The van der Waals surface area contributed by atoms with Gasteiger partial charge in [0.15, 0.2) is 0 Å². The first kappa shape index (κ1) is 8.14. The Bertz CT molecular complexity index is 247. The van der Waals surface area contributed by atoms with Crippen molar-refractivity contribution in [3.63, 3.8) is 0 Å².